The summed E-state index contributed by atoms with van der Waals surface area (Å²) >= 11 is 0. The van der Waals surface area contributed by atoms with Crippen LogP contribution in [0.5, 0.6) is 0 Å². The zero-order valence-electron chi connectivity index (χ0n) is 11.0. The molecule has 1 heterocycles. The fraction of sp³-hybridized carbons (Fsp3) is 0.571. The molecular weight excluding hydrogens is 231 g/mol. The lowest BCUT2D eigenvalue weighted by Crippen LogP contribution is -2.42. The Morgan fingerprint density at radius 2 is 2.33 bits per heavy atom. The standard InChI is InChI=1S/C14H21FN2O/c1-3-12-9-17(6-7-18-12)14-5-4-11(10(2)16)8-13(14)15/h4-5,8,10,12H,3,6-7,9,16H2,1-2H3. The van der Waals surface area contributed by atoms with Gasteiger partial charge in [-0.1, -0.05) is 13.0 Å². The number of morpholine rings is 1. The highest BCUT2D eigenvalue weighted by atomic mass is 19.1. The van der Waals surface area contributed by atoms with E-state index >= 15 is 0 Å². The third-order valence-corrected chi connectivity index (χ3v) is 3.43. The molecule has 2 unspecified atom stereocenters. The molecule has 0 saturated carbocycles. The van der Waals surface area contributed by atoms with Crippen molar-refractivity contribution in [1.82, 2.24) is 0 Å². The van der Waals surface area contributed by atoms with Crippen LogP contribution in [0, 0.1) is 5.82 Å². The highest BCUT2D eigenvalue weighted by Crippen LogP contribution is 2.25. The third kappa shape index (κ3) is 2.82. The molecule has 2 rings (SSSR count). The second-order valence-electron chi connectivity index (χ2n) is 4.85. The second kappa shape index (κ2) is 5.67. The predicted molar refractivity (Wildman–Crippen MR) is 71.2 cm³/mol. The number of rotatable bonds is 3. The number of anilines is 1. The topological polar surface area (TPSA) is 38.5 Å². The maximum absolute atomic E-state index is 14.1. The first kappa shape index (κ1) is 13.3. The maximum atomic E-state index is 14.1. The van der Waals surface area contributed by atoms with E-state index in [0.717, 1.165) is 25.1 Å². The Balaban J connectivity index is 2.17. The number of halogens is 1. The first-order valence-electron chi connectivity index (χ1n) is 6.53. The highest BCUT2D eigenvalue weighted by Gasteiger charge is 2.21. The van der Waals surface area contributed by atoms with Crippen LogP contribution in [0.1, 0.15) is 31.9 Å². The molecule has 100 valence electrons. The van der Waals surface area contributed by atoms with Crippen molar-refractivity contribution in [3.8, 4) is 0 Å². The van der Waals surface area contributed by atoms with Crippen molar-refractivity contribution in [2.75, 3.05) is 24.6 Å². The Morgan fingerprint density at radius 3 is 2.94 bits per heavy atom. The van der Waals surface area contributed by atoms with Crippen LogP contribution >= 0.6 is 0 Å². The molecule has 4 heteroatoms. The Bertz CT molecular complexity index is 409. The zero-order chi connectivity index (χ0) is 13.1. The molecule has 18 heavy (non-hydrogen) atoms. The number of nitrogens with two attached hydrogens (primary N) is 1. The lowest BCUT2D eigenvalue weighted by molar-refractivity contribution is 0.0382. The van der Waals surface area contributed by atoms with Gasteiger partial charge in [0, 0.05) is 19.1 Å². The third-order valence-electron chi connectivity index (χ3n) is 3.43. The number of ether oxygens (including phenoxy) is 1. The van der Waals surface area contributed by atoms with Gasteiger partial charge in [-0.15, -0.1) is 0 Å². The van der Waals surface area contributed by atoms with E-state index in [2.05, 4.69) is 11.8 Å². The quantitative estimate of drug-likeness (QED) is 0.898. The molecule has 0 aliphatic carbocycles. The molecule has 1 saturated heterocycles. The molecule has 1 aromatic carbocycles. The summed E-state index contributed by atoms with van der Waals surface area (Å²) in [6, 6.07) is 5.13. The summed E-state index contributed by atoms with van der Waals surface area (Å²) in [7, 11) is 0. The van der Waals surface area contributed by atoms with Crippen LogP contribution in [-0.2, 0) is 4.74 Å². The molecule has 2 atom stereocenters. The van der Waals surface area contributed by atoms with Gasteiger partial charge < -0.3 is 15.4 Å². The van der Waals surface area contributed by atoms with E-state index in [0.29, 0.717) is 12.3 Å². The first-order valence-corrected chi connectivity index (χ1v) is 6.53. The molecule has 1 fully saturated rings. The van der Waals surface area contributed by atoms with Gasteiger partial charge in [0.15, 0.2) is 0 Å². The molecule has 0 bridgehead atoms. The lowest BCUT2D eigenvalue weighted by atomic mass is 10.1. The normalized spacial score (nSPS) is 22.0. The van der Waals surface area contributed by atoms with Crippen LogP contribution in [0.2, 0.25) is 0 Å². The monoisotopic (exact) mass is 252 g/mol. The van der Waals surface area contributed by atoms with Crippen molar-refractivity contribution in [3.05, 3.63) is 29.6 Å². The molecule has 0 amide bonds. The van der Waals surface area contributed by atoms with Crippen molar-refractivity contribution in [2.45, 2.75) is 32.4 Å². The summed E-state index contributed by atoms with van der Waals surface area (Å²) in [5, 5.41) is 0. The second-order valence-corrected chi connectivity index (χ2v) is 4.85. The number of benzene rings is 1. The van der Waals surface area contributed by atoms with Crippen LogP contribution in [-0.4, -0.2) is 25.8 Å². The molecule has 1 aliphatic rings. The van der Waals surface area contributed by atoms with E-state index in [4.69, 9.17) is 10.5 Å². The largest absolute Gasteiger partial charge is 0.375 e. The SMILES string of the molecule is CCC1CN(c2ccc(C(C)N)cc2F)CCO1. The summed E-state index contributed by atoms with van der Waals surface area (Å²) in [5.41, 5.74) is 7.24. The van der Waals surface area contributed by atoms with Gasteiger partial charge >= 0.3 is 0 Å². The highest BCUT2D eigenvalue weighted by molar-refractivity contribution is 5.50. The predicted octanol–water partition coefficient (Wildman–Crippen LogP) is 2.46. The first-order chi connectivity index (χ1) is 8.61. The fourth-order valence-corrected chi connectivity index (χ4v) is 2.25. The van der Waals surface area contributed by atoms with Crippen molar-refractivity contribution in [3.63, 3.8) is 0 Å². The molecule has 1 aromatic rings. The van der Waals surface area contributed by atoms with Gasteiger partial charge in [0.25, 0.3) is 0 Å². The minimum absolute atomic E-state index is 0.137. The van der Waals surface area contributed by atoms with Gasteiger partial charge in [0.05, 0.1) is 18.4 Å². The van der Waals surface area contributed by atoms with E-state index < -0.39 is 0 Å². The van der Waals surface area contributed by atoms with Crippen LogP contribution in [0.15, 0.2) is 18.2 Å². The molecular formula is C14H21FN2O. The minimum Gasteiger partial charge on any atom is -0.375 e. The van der Waals surface area contributed by atoms with Gasteiger partial charge in [0.1, 0.15) is 5.82 Å². The summed E-state index contributed by atoms with van der Waals surface area (Å²) in [4.78, 5) is 2.05. The average molecular weight is 252 g/mol. The van der Waals surface area contributed by atoms with Crippen molar-refractivity contribution in [2.24, 2.45) is 5.73 Å². The van der Waals surface area contributed by atoms with E-state index in [-0.39, 0.29) is 18.0 Å². The van der Waals surface area contributed by atoms with E-state index in [1.54, 1.807) is 0 Å². The van der Waals surface area contributed by atoms with Crippen LogP contribution in [0.25, 0.3) is 0 Å². The van der Waals surface area contributed by atoms with E-state index in [1.165, 1.54) is 6.07 Å². The van der Waals surface area contributed by atoms with E-state index in [9.17, 15) is 4.39 Å². The zero-order valence-corrected chi connectivity index (χ0v) is 11.0. The summed E-state index contributed by atoms with van der Waals surface area (Å²) in [6.07, 6.45) is 1.15. The van der Waals surface area contributed by atoms with Gasteiger partial charge in [0.2, 0.25) is 0 Å². The van der Waals surface area contributed by atoms with Gasteiger partial charge in [-0.05, 0) is 31.0 Å². The van der Waals surface area contributed by atoms with Crippen LogP contribution in [0.4, 0.5) is 10.1 Å². The molecule has 3 nitrogen and oxygen atoms in total. The van der Waals surface area contributed by atoms with Crippen LogP contribution < -0.4 is 10.6 Å². The van der Waals surface area contributed by atoms with Crippen LogP contribution in [0.3, 0.4) is 0 Å². The Hall–Kier alpha value is -1.13. The van der Waals surface area contributed by atoms with Gasteiger partial charge in [-0.2, -0.15) is 0 Å². The summed E-state index contributed by atoms with van der Waals surface area (Å²) < 4.78 is 19.7. The summed E-state index contributed by atoms with van der Waals surface area (Å²) in [5.74, 6) is -0.193. The maximum Gasteiger partial charge on any atom is 0.146 e. The Labute approximate surface area is 108 Å². The Morgan fingerprint density at radius 1 is 1.56 bits per heavy atom. The van der Waals surface area contributed by atoms with Gasteiger partial charge in [-0.25, -0.2) is 4.39 Å². The molecule has 2 N–H and O–H groups in total. The number of hydrogen-bond acceptors (Lipinski definition) is 3. The molecule has 0 aromatic heterocycles. The lowest BCUT2D eigenvalue weighted by Gasteiger charge is -2.34. The minimum atomic E-state index is -0.193. The van der Waals surface area contributed by atoms with Crippen molar-refractivity contribution >= 4 is 5.69 Å². The smallest absolute Gasteiger partial charge is 0.146 e. The van der Waals surface area contributed by atoms with E-state index in [1.807, 2.05) is 19.1 Å². The fourth-order valence-electron chi connectivity index (χ4n) is 2.25. The van der Waals surface area contributed by atoms with Crippen molar-refractivity contribution < 1.29 is 9.13 Å². The number of hydrogen-bond donors (Lipinski definition) is 1. The van der Waals surface area contributed by atoms with Gasteiger partial charge in [-0.3, -0.25) is 0 Å². The van der Waals surface area contributed by atoms with Crippen molar-refractivity contribution in [1.29, 1.82) is 0 Å². The summed E-state index contributed by atoms with van der Waals surface area (Å²) in [6.45, 7) is 6.10. The Kier molecular flexibility index (Phi) is 4.19. The molecule has 0 radical (unpaired) electrons. The molecule has 0 spiro atoms. The number of nitrogens with zero attached hydrogens (tertiary/aromatic N) is 1. The average Bonchev–Trinajstić information content (AvgIpc) is 2.38. The molecule has 1 aliphatic heterocycles.